The Labute approximate surface area is 165 Å². The van der Waals surface area contributed by atoms with Crippen molar-refractivity contribution in [2.75, 3.05) is 23.3 Å². The van der Waals surface area contributed by atoms with Crippen LogP contribution in [0.3, 0.4) is 0 Å². The highest BCUT2D eigenvalue weighted by Gasteiger charge is 2.16. The molecule has 0 saturated carbocycles. The first-order chi connectivity index (χ1) is 13.5. The summed E-state index contributed by atoms with van der Waals surface area (Å²) in [5, 5.41) is 4.12. The SMILES string of the molecule is CC1CCN(c2ccc(Nc3ncc4ccc(=O)n(C(C)C)c4n3)cc2)CC1. The van der Waals surface area contributed by atoms with Gasteiger partial charge in [0.2, 0.25) is 5.95 Å². The normalized spacial score (nSPS) is 15.4. The molecule has 2 aromatic heterocycles. The van der Waals surface area contributed by atoms with Gasteiger partial charge in [0.05, 0.1) is 0 Å². The highest BCUT2D eigenvalue weighted by molar-refractivity contribution is 5.76. The molecule has 6 nitrogen and oxygen atoms in total. The summed E-state index contributed by atoms with van der Waals surface area (Å²) in [6.07, 6.45) is 4.26. The number of hydrogen-bond acceptors (Lipinski definition) is 5. The number of rotatable bonds is 4. The van der Waals surface area contributed by atoms with Crippen molar-refractivity contribution in [3.05, 3.63) is 52.9 Å². The number of benzene rings is 1. The molecule has 0 bridgehead atoms. The van der Waals surface area contributed by atoms with Gasteiger partial charge in [-0.3, -0.25) is 9.36 Å². The van der Waals surface area contributed by atoms with Crippen LogP contribution in [0.4, 0.5) is 17.3 Å². The Morgan fingerprint density at radius 3 is 2.46 bits per heavy atom. The molecule has 1 aliphatic rings. The Kier molecular flexibility index (Phi) is 5.03. The van der Waals surface area contributed by atoms with E-state index in [1.54, 1.807) is 22.9 Å². The number of piperidine rings is 1. The summed E-state index contributed by atoms with van der Waals surface area (Å²) >= 11 is 0. The Morgan fingerprint density at radius 1 is 1.07 bits per heavy atom. The predicted molar refractivity (Wildman–Crippen MR) is 115 cm³/mol. The monoisotopic (exact) mass is 377 g/mol. The molecule has 1 saturated heterocycles. The van der Waals surface area contributed by atoms with Gasteiger partial charge in [0.15, 0.2) is 0 Å². The van der Waals surface area contributed by atoms with E-state index in [1.807, 2.05) is 13.8 Å². The molecule has 1 aromatic carbocycles. The Bertz CT molecular complexity index is 1020. The van der Waals surface area contributed by atoms with Crippen molar-refractivity contribution in [3.63, 3.8) is 0 Å². The number of aromatic nitrogens is 3. The molecule has 0 unspecified atom stereocenters. The quantitative estimate of drug-likeness (QED) is 0.732. The van der Waals surface area contributed by atoms with Gasteiger partial charge in [-0.05, 0) is 62.9 Å². The van der Waals surface area contributed by atoms with Crippen LogP contribution in [0.25, 0.3) is 11.0 Å². The average Bonchev–Trinajstić information content (AvgIpc) is 2.69. The second kappa shape index (κ2) is 7.62. The summed E-state index contributed by atoms with van der Waals surface area (Å²) < 4.78 is 1.70. The molecule has 146 valence electrons. The zero-order valence-electron chi connectivity index (χ0n) is 16.7. The van der Waals surface area contributed by atoms with Crippen LogP contribution < -0.4 is 15.8 Å². The van der Waals surface area contributed by atoms with Crippen molar-refractivity contribution in [1.29, 1.82) is 0 Å². The van der Waals surface area contributed by atoms with E-state index in [0.717, 1.165) is 30.1 Å². The fourth-order valence-corrected chi connectivity index (χ4v) is 3.75. The number of fused-ring (bicyclic) bond motifs is 1. The van der Waals surface area contributed by atoms with Gasteiger partial charge in [-0.2, -0.15) is 4.98 Å². The molecule has 1 N–H and O–H groups in total. The second-order valence-electron chi connectivity index (χ2n) is 7.95. The first-order valence-corrected chi connectivity index (χ1v) is 10.0. The van der Waals surface area contributed by atoms with Crippen LogP contribution in [0.1, 0.15) is 39.7 Å². The molecule has 0 amide bonds. The highest BCUT2D eigenvalue weighted by Crippen LogP contribution is 2.25. The summed E-state index contributed by atoms with van der Waals surface area (Å²) in [4.78, 5) is 23.7. The largest absolute Gasteiger partial charge is 0.372 e. The minimum Gasteiger partial charge on any atom is -0.372 e. The van der Waals surface area contributed by atoms with Gasteiger partial charge in [0.25, 0.3) is 5.56 Å². The lowest BCUT2D eigenvalue weighted by atomic mass is 9.99. The van der Waals surface area contributed by atoms with E-state index in [9.17, 15) is 4.79 Å². The Hall–Kier alpha value is -2.89. The van der Waals surface area contributed by atoms with Crippen LogP contribution in [0.15, 0.2) is 47.4 Å². The van der Waals surface area contributed by atoms with Crippen molar-refractivity contribution >= 4 is 28.4 Å². The predicted octanol–water partition coefficient (Wildman–Crippen LogP) is 4.35. The van der Waals surface area contributed by atoms with Gasteiger partial charge in [0, 0.05) is 48.2 Å². The summed E-state index contributed by atoms with van der Waals surface area (Å²) in [5.41, 5.74) is 2.79. The number of pyridine rings is 1. The molecule has 1 fully saturated rings. The average molecular weight is 377 g/mol. The van der Waals surface area contributed by atoms with Gasteiger partial charge >= 0.3 is 0 Å². The summed E-state index contributed by atoms with van der Waals surface area (Å²) in [5.74, 6) is 1.32. The first kappa shape index (κ1) is 18.5. The van der Waals surface area contributed by atoms with Gasteiger partial charge in [-0.1, -0.05) is 6.92 Å². The number of nitrogens with zero attached hydrogens (tertiary/aromatic N) is 4. The van der Waals surface area contributed by atoms with Crippen molar-refractivity contribution < 1.29 is 0 Å². The number of anilines is 3. The number of hydrogen-bond donors (Lipinski definition) is 1. The third-order valence-corrected chi connectivity index (χ3v) is 5.46. The smallest absolute Gasteiger partial charge is 0.252 e. The van der Waals surface area contributed by atoms with Crippen LogP contribution in [0.5, 0.6) is 0 Å². The van der Waals surface area contributed by atoms with E-state index in [-0.39, 0.29) is 11.6 Å². The first-order valence-electron chi connectivity index (χ1n) is 10.0. The van der Waals surface area contributed by atoms with Crippen LogP contribution in [0, 0.1) is 5.92 Å². The van der Waals surface area contributed by atoms with Gasteiger partial charge < -0.3 is 10.2 Å². The van der Waals surface area contributed by atoms with Crippen LogP contribution in [-0.2, 0) is 0 Å². The maximum absolute atomic E-state index is 12.2. The number of nitrogens with one attached hydrogen (secondary N) is 1. The van der Waals surface area contributed by atoms with E-state index in [4.69, 9.17) is 0 Å². The van der Waals surface area contributed by atoms with Crippen molar-refractivity contribution in [2.45, 2.75) is 39.7 Å². The zero-order valence-corrected chi connectivity index (χ0v) is 16.7. The molecule has 3 heterocycles. The lowest BCUT2D eigenvalue weighted by Crippen LogP contribution is -2.32. The lowest BCUT2D eigenvalue weighted by Gasteiger charge is -2.32. The van der Waals surface area contributed by atoms with Crippen LogP contribution in [-0.4, -0.2) is 27.6 Å². The topological polar surface area (TPSA) is 63.1 Å². The summed E-state index contributed by atoms with van der Waals surface area (Å²) in [6.45, 7) is 8.53. The summed E-state index contributed by atoms with van der Waals surface area (Å²) in [7, 11) is 0. The van der Waals surface area contributed by atoms with Crippen molar-refractivity contribution in [3.8, 4) is 0 Å². The molecule has 0 atom stereocenters. The maximum atomic E-state index is 12.2. The van der Waals surface area contributed by atoms with E-state index in [2.05, 4.69) is 51.4 Å². The second-order valence-corrected chi connectivity index (χ2v) is 7.95. The molecule has 4 rings (SSSR count). The van der Waals surface area contributed by atoms with E-state index in [1.165, 1.54) is 18.5 Å². The molecular formula is C22H27N5O. The van der Waals surface area contributed by atoms with Crippen LogP contribution in [0.2, 0.25) is 0 Å². The molecule has 1 aliphatic heterocycles. The van der Waals surface area contributed by atoms with Gasteiger partial charge in [-0.15, -0.1) is 0 Å². The molecule has 3 aromatic rings. The molecule has 0 spiro atoms. The van der Waals surface area contributed by atoms with Gasteiger partial charge in [-0.25, -0.2) is 4.98 Å². The van der Waals surface area contributed by atoms with E-state index >= 15 is 0 Å². The third-order valence-electron chi connectivity index (χ3n) is 5.46. The maximum Gasteiger partial charge on any atom is 0.252 e. The minimum atomic E-state index is -0.0487. The van der Waals surface area contributed by atoms with Crippen LogP contribution >= 0.6 is 0 Å². The molecular weight excluding hydrogens is 350 g/mol. The van der Waals surface area contributed by atoms with Crippen molar-refractivity contribution in [1.82, 2.24) is 14.5 Å². The molecule has 0 aliphatic carbocycles. The molecule has 28 heavy (non-hydrogen) atoms. The van der Waals surface area contributed by atoms with Crippen molar-refractivity contribution in [2.24, 2.45) is 5.92 Å². The van der Waals surface area contributed by atoms with Gasteiger partial charge in [0.1, 0.15) is 5.65 Å². The third kappa shape index (κ3) is 3.72. The fourth-order valence-electron chi connectivity index (χ4n) is 3.75. The Morgan fingerprint density at radius 2 is 1.79 bits per heavy atom. The zero-order chi connectivity index (χ0) is 19.7. The molecule has 6 heteroatoms. The fraction of sp³-hybridized carbons (Fsp3) is 0.409. The standard InChI is InChI=1S/C22H27N5O/c1-15(2)27-20(28)9-4-17-14-23-22(25-21(17)27)24-18-5-7-19(8-6-18)26-12-10-16(3)11-13-26/h4-9,14-16H,10-13H2,1-3H3,(H,23,24,25). The Balaban J connectivity index is 1.56. The molecule has 0 radical (unpaired) electrons. The highest BCUT2D eigenvalue weighted by atomic mass is 16.1. The minimum absolute atomic E-state index is 0.0329. The van der Waals surface area contributed by atoms with E-state index < -0.39 is 0 Å². The lowest BCUT2D eigenvalue weighted by molar-refractivity contribution is 0.438. The summed E-state index contributed by atoms with van der Waals surface area (Å²) in [6, 6.07) is 11.8. The van der Waals surface area contributed by atoms with E-state index in [0.29, 0.717) is 11.6 Å².